The van der Waals surface area contributed by atoms with Crippen LogP contribution in [0.2, 0.25) is 0 Å². The van der Waals surface area contributed by atoms with Crippen molar-refractivity contribution in [2.24, 2.45) is 0 Å². The number of nitrogens with zero attached hydrogens (tertiary/aromatic N) is 5. The molecule has 53 heavy (non-hydrogen) atoms. The molecule has 0 radical (unpaired) electrons. The van der Waals surface area contributed by atoms with Crippen molar-refractivity contribution in [3.05, 3.63) is 188 Å². The van der Waals surface area contributed by atoms with Crippen molar-refractivity contribution in [2.45, 2.75) is 0 Å². The summed E-state index contributed by atoms with van der Waals surface area (Å²) < 4.78 is 2.06. The van der Waals surface area contributed by atoms with Gasteiger partial charge in [0.15, 0.2) is 11.5 Å². The minimum absolute atomic E-state index is 0.676. The molecule has 0 unspecified atom stereocenters. The summed E-state index contributed by atoms with van der Waals surface area (Å²) in [7, 11) is 0. The molecule has 10 aromatic rings. The smallest absolute Gasteiger partial charge is 0.165 e. The largest absolute Gasteiger partial charge is 0.284 e. The summed E-state index contributed by atoms with van der Waals surface area (Å²) in [6.45, 7) is 0. The zero-order valence-corrected chi connectivity index (χ0v) is 28.6. The molecule has 0 saturated carbocycles. The number of fused-ring (bicyclic) bond motifs is 5. The van der Waals surface area contributed by atoms with Crippen LogP contribution in [0.15, 0.2) is 188 Å². The lowest BCUT2D eigenvalue weighted by molar-refractivity contribution is 1.18. The molecule has 0 aliphatic rings. The van der Waals surface area contributed by atoms with Gasteiger partial charge in [0, 0.05) is 39.2 Å². The third-order valence-corrected chi connectivity index (χ3v) is 9.83. The van der Waals surface area contributed by atoms with Crippen molar-refractivity contribution in [3.63, 3.8) is 0 Å². The average Bonchev–Trinajstić information content (AvgIpc) is 3.63. The second kappa shape index (κ2) is 12.8. The third kappa shape index (κ3) is 5.61. The molecule has 0 aliphatic carbocycles. The Morgan fingerprint density at radius 3 is 1.60 bits per heavy atom. The lowest BCUT2D eigenvalue weighted by atomic mass is 9.99. The van der Waals surface area contributed by atoms with Crippen molar-refractivity contribution in [1.29, 1.82) is 0 Å². The van der Waals surface area contributed by atoms with E-state index in [1.54, 1.807) is 0 Å². The molecule has 0 aliphatic heterocycles. The van der Waals surface area contributed by atoms with Crippen LogP contribution in [-0.2, 0) is 0 Å². The van der Waals surface area contributed by atoms with Gasteiger partial charge in [0.2, 0.25) is 0 Å². The summed E-state index contributed by atoms with van der Waals surface area (Å²) in [5, 5.41) is 2.15. The van der Waals surface area contributed by atoms with Gasteiger partial charge < -0.3 is 0 Å². The molecule has 0 atom stereocenters. The van der Waals surface area contributed by atoms with Gasteiger partial charge in [-0.2, -0.15) is 0 Å². The molecule has 0 N–H and O–H groups in total. The van der Waals surface area contributed by atoms with Crippen LogP contribution in [0.25, 0.3) is 95.0 Å². The fraction of sp³-hybridized carbons (Fsp3) is 0. The predicted octanol–water partition coefficient (Wildman–Crippen LogP) is 11.8. The van der Waals surface area contributed by atoms with Crippen molar-refractivity contribution < 1.29 is 0 Å². The molecule has 0 amide bonds. The molecule has 0 bridgehead atoms. The van der Waals surface area contributed by atoms with E-state index in [-0.39, 0.29) is 0 Å². The SMILES string of the molecule is c1ccc(-c2cccc(-c3cc(-c4ccc(-c5nc6c(nc7ccccn76)c6ccccc56)cc4)nc(-c4cccc(-c5ccccc5)c4)n3)c2)cc1. The van der Waals surface area contributed by atoms with Gasteiger partial charge in [0.1, 0.15) is 11.2 Å². The molecule has 0 fully saturated rings. The maximum Gasteiger partial charge on any atom is 0.165 e. The fourth-order valence-electron chi connectivity index (χ4n) is 7.18. The van der Waals surface area contributed by atoms with E-state index in [4.69, 9.17) is 19.9 Å². The maximum atomic E-state index is 5.21. The Hall–Kier alpha value is -7.24. The number of rotatable bonds is 6. The summed E-state index contributed by atoms with van der Waals surface area (Å²) in [4.78, 5) is 20.5. The van der Waals surface area contributed by atoms with Gasteiger partial charge in [0.25, 0.3) is 0 Å². The van der Waals surface area contributed by atoms with Crippen LogP contribution >= 0.6 is 0 Å². The highest BCUT2D eigenvalue weighted by Gasteiger charge is 2.16. The second-order valence-electron chi connectivity index (χ2n) is 13.2. The van der Waals surface area contributed by atoms with Gasteiger partial charge in [-0.3, -0.25) is 4.40 Å². The molecule has 6 aromatic carbocycles. The number of benzene rings is 6. The Morgan fingerprint density at radius 2 is 0.887 bits per heavy atom. The van der Waals surface area contributed by atoms with E-state index >= 15 is 0 Å². The highest BCUT2D eigenvalue weighted by Crippen LogP contribution is 2.35. The minimum atomic E-state index is 0.676. The van der Waals surface area contributed by atoms with Gasteiger partial charge in [-0.1, -0.05) is 152 Å². The van der Waals surface area contributed by atoms with E-state index in [1.165, 1.54) is 5.56 Å². The minimum Gasteiger partial charge on any atom is -0.284 e. The Morgan fingerprint density at radius 1 is 0.340 bits per heavy atom. The first kappa shape index (κ1) is 30.6. The van der Waals surface area contributed by atoms with Crippen LogP contribution in [0.5, 0.6) is 0 Å². The summed E-state index contributed by atoms with van der Waals surface area (Å²) in [5.74, 6) is 0.676. The standard InChI is InChI=1S/C48H31N5/c1-3-13-32(14-4-1)36-17-11-19-38(29-36)43-31-42(49-47(50-43)39-20-12-18-37(30-39)33-15-5-2-6-16-33)34-24-26-35(27-25-34)45-40-21-7-8-22-41(40)46-48(52-45)53-28-10-9-23-44(53)51-46/h1-31H. The summed E-state index contributed by atoms with van der Waals surface area (Å²) in [5.41, 5.74) is 13.9. The van der Waals surface area contributed by atoms with E-state index < -0.39 is 0 Å². The normalized spacial score (nSPS) is 11.4. The third-order valence-electron chi connectivity index (χ3n) is 9.83. The van der Waals surface area contributed by atoms with E-state index in [1.807, 2.05) is 36.5 Å². The van der Waals surface area contributed by atoms with Crippen LogP contribution < -0.4 is 0 Å². The molecule has 10 rings (SSSR count). The summed E-state index contributed by atoms with van der Waals surface area (Å²) in [6.07, 6.45) is 2.02. The van der Waals surface area contributed by atoms with E-state index in [0.717, 1.165) is 83.6 Å². The number of hydrogen-bond acceptors (Lipinski definition) is 4. The molecule has 4 aromatic heterocycles. The van der Waals surface area contributed by atoms with Crippen LogP contribution in [0.3, 0.4) is 0 Å². The van der Waals surface area contributed by atoms with Gasteiger partial charge in [-0.15, -0.1) is 0 Å². The highest BCUT2D eigenvalue weighted by molar-refractivity contribution is 6.09. The zero-order chi connectivity index (χ0) is 35.1. The monoisotopic (exact) mass is 677 g/mol. The topological polar surface area (TPSA) is 56.0 Å². The van der Waals surface area contributed by atoms with Crippen molar-refractivity contribution in [1.82, 2.24) is 24.3 Å². The Labute approximate surface area is 306 Å². The number of hydrogen-bond donors (Lipinski definition) is 0. The van der Waals surface area contributed by atoms with Crippen LogP contribution in [0, 0.1) is 0 Å². The molecule has 0 saturated heterocycles. The Balaban J connectivity index is 1.11. The lowest BCUT2D eigenvalue weighted by Crippen LogP contribution is -1.97. The second-order valence-corrected chi connectivity index (χ2v) is 13.2. The quantitative estimate of drug-likeness (QED) is 0.176. The highest BCUT2D eigenvalue weighted by atomic mass is 15.1. The molecule has 5 heteroatoms. The van der Waals surface area contributed by atoms with Gasteiger partial charge in [0.05, 0.1) is 17.1 Å². The summed E-state index contributed by atoms with van der Waals surface area (Å²) >= 11 is 0. The Bertz CT molecular complexity index is 2830. The summed E-state index contributed by atoms with van der Waals surface area (Å²) in [6, 6.07) is 63.0. The van der Waals surface area contributed by atoms with Crippen molar-refractivity contribution in [3.8, 4) is 67.4 Å². The molecule has 0 spiro atoms. The molecule has 248 valence electrons. The molecular formula is C48H31N5. The number of aromatic nitrogens is 5. The Kier molecular flexibility index (Phi) is 7.40. The average molecular weight is 678 g/mol. The zero-order valence-electron chi connectivity index (χ0n) is 28.6. The van der Waals surface area contributed by atoms with Crippen molar-refractivity contribution in [2.75, 3.05) is 0 Å². The maximum absolute atomic E-state index is 5.21. The predicted molar refractivity (Wildman–Crippen MR) is 216 cm³/mol. The number of imidazole rings is 1. The van der Waals surface area contributed by atoms with E-state index in [0.29, 0.717) is 5.82 Å². The van der Waals surface area contributed by atoms with Gasteiger partial charge in [-0.05, 0) is 52.6 Å². The first-order valence-electron chi connectivity index (χ1n) is 17.7. The van der Waals surface area contributed by atoms with E-state index in [9.17, 15) is 0 Å². The van der Waals surface area contributed by atoms with Crippen LogP contribution in [0.4, 0.5) is 0 Å². The van der Waals surface area contributed by atoms with Crippen LogP contribution in [0.1, 0.15) is 0 Å². The number of pyridine rings is 2. The van der Waals surface area contributed by atoms with Gasteiger partial charge >= 0.3 is 0 Å². The van der Waals surface area contributed by atoms with E-state index in [2.05, 4.69) is 156 Å². The molecular weight excluding hydrogens is 647 g/mol. The fourth-order valence-corrected chi connectivity index (χ4v) is 7.18. The molecule has 5 nitrogen and oxygen atoms in total. The first-order valence-corrected chi connectivity index (χ1v) is 17.7. The first-order chi connectivity index (χ1) is 26.2. The van der Waals surface area contributed by atoms with Crippen LogP contribution in [-0.4, -0.2) is 24.3 Å². The molecule has 4 heterocycles. The van der Waals surface area contributed by atoms with Crippen molar-refractivity contribution >= 4 is 27.6 Å². The van der Waals surface area contributed by atoms with Gasteiger partial charge in [-0.25, -0.2) is 19.9 Å². The lowest BCUT2D eigenvalue weighted by Gasteiger charge is -2.12.